The van der Waals surface area contributed by atoms with Crippen molar-refractivity contribution in [2.24, 2.45) is 0 Å². The van der Waals surface area contributed by atoms with Crippen molar-refractivity contribution in [2.75, 3.05) is 31.3 Å². The molecule has 0 radical (unpaired) electrons. The molecule has 2 unspecified atom stereocenters. The zero-order valence-corrected chi connectivity index (χ0v) is 18.5. The first-order valence-electron chi connectivity index (χ1n) is 10.4. The number of sulfone groups is 1. The zero-order valence-electron chi connectivity index (χ0n) is 17.6. The van der Waals surface area contributed by atoms with Crippen molar-refractivity contribution in [3.05, 3.63) is 59.7 Å². The van der Waals surface area contributed by atoms with Crippen molar-refractivity contribution in [2.45, 2.75) is 32.0 Å². The standard InChI is InChI=1S/C23H29NO6S/c1-2-29-22-8-6-18(7-9-22)13-24(20-10-11-31(27,28)17-20)14-21(26)16-30-23-5-3-4-19(12-23)15-25/h3-9,12,15,20-21,26H,2,10-11,13-14,16-17H2,1H3. The lowest BCUT2D eigenvalue weighted by atomic mass is 10.1. The molecule has 2 aromatic rings. The normalized spacial score (nSPS) is 18.6. The first-order valence-corrected chi connectivity index (χ1v) is 12.2. The van der Waals surface area contributed by atoms with Crippen LogP contribution in [-0.2, 0) is 16.4 Å². The van der Waals surface area contributed by atoms with E-state index in [2.05, 4.69) is 0 Å². The molecule has 8 heteroatoms. The van der Waals surface area contributed by atoms with Gasteiger partial charge in [-0.05, 0) is 43.2 Å². The van der Waals surface area contributed by atoms with Gasteiger partial charge < -0.3 is 14.6 Å². The van der Waals surface area contributed by atoms with E-state index in [4.69, 9.17) is 9.47 Å². The minimum atomic E-state index is -3.05. The number of benzene rings is 2. The lowest BCUT2D eigenvalue weighted by molar-refractivity contribution is 0.0524. The fourth-order valence-corrected chi connectivity index (χ4v) is 5.45. The maximum absolute atomic E-state index is 12.0. The summed E-state index contributed by atoms with van der Waals surface area (Å²) in [6.07, 6.45) is 0.474. The molecule has 0 bridgehead atoms. The molecule has 31 heavy (non-hydrogen) atoms. The molecule has 1 fully saturated rings. The number of carbonyl (C=O) groups excluding carboxylic acids is 1. The average Bonchev–Trinajstić information content (AvgIpc) is 3.13. The molecule has 0 amide bonds. The number of aliphatic hydroxyl groups excluding tert-OH is 1. The van der Waals surface area contributed by atoms with Gasteiger partial charge in [0.15, 0.2) is 9.84 Å². The largest absolute Gasteiger partial charge is 0.494 e. The molecule has 2 atom stereocenters. The van der Waals surface area contributed by atoms with Gasteiger partial charge >= 0.3 is 0 Å². The van der Waals surface area contributed by atoms with E-state index in [1.807, 2.05) is 36.1 Å². The molecule has 1 heterocycles. The third-order valence-corrected chi connectivity index (χ3v) is 6.98. The van der Waals surface area contributed by atoms with Crippen LogP contribution in [0.25, 0.3) is 0 Å². The van der Waals surface area contributed by atoms with Gasteiger partial charge in [-0.15, -0.1) is 0 Å². The van der Waals surface area contributed by atoms with E-state index in [0.717, 1.165) is 17.6 Å². The Morgan fingerprint density at radius 2 is 1.94 bits per heavy atom. The summed E-state index contributed by atoms with van der Waals surface area (Å²) in [5.74, 6) is 1.55. The van der Waals surface area contributed by atoms with E-state index >= 15 is 0 Å². The summed E-state index contributed by atoms with van der Waals surface area (Å²) in [5.41, 5.74) is 1.51. The number of hydrogen-bond acceptors (Lipinski definition) is 7. The lowest BCUT2D eigenvalue weighted by Crippen LogP contribution is -2.42. The summed E-state index contributed by atoms with van der Waals surface area (Å²) in [5, 5.41) is 10.6. The summed E-state index contributed by atoms with van der Waals surface area (Å²) in [4.78, 5) is 12.9. The second-order valence-corrected chi connectivity index (χ2v) is 9.95. The first-order chi connectivity index (χ1) is 14.9. The molecule has 7 nitrogen and oxygen atoms in total. The van der Waals surface area contributed by atoms with Gasteiger partial charge in [0.2, 0.25) is 0 Å². The van der Waals surface area contributed by atoms with Crippen molar-refractivity contribution in [3.8, 4) is 11.5 Å². The molecule has 1 aliphatic rings. The van der Waals surface area contributed by atoms with Crippen molar-refractivity contribution >= 4 is 16.1 Å². The van der Waals surface area contributed by atoms with Crippen molar-refractivity contribution in [1.82, 2.24) is 4.90 Å². The first kappa shape index (κ1) is 23.2. The van der Waals surface area contributed by atoms with Gasteiger partial charge in [0.25, 0.3) is 0 Å². The number of hydrogen-bond donors (Lipinski definition) is 1. The van der Waals surface area contributed by atoms with E-state index < -0.39 is 15.9 Å². The quantitative estimate of drug-likeness (QED) is 0.529. The molecule has 0 aliphatic carbocycles. The summed E-state index contributed by atoms with van der Waals surface area (Å²) in [7, 11) is -3.05. The van der Waals surface area contributed by atoms with Crippen LogP contribution < -0.4 is 9.47 Å². The average molecular weight is 448 g/mol. The van der Waals surface area contributed by atoms with Crippen LogP contribution in [0, 0.1) is 0 Å². The Morgan fingerprint density at radius 1 is 1.16 bits per heavy atom. The smallest absolute Gasteiger partial charge is 0.151 e. The van der Waals surface area contributed by atoms with Gasteiger partial charge in [-0.3, -0.25) is 9.69 Å². The Bertz CT molecular complexity index is 960. The van der Waals surface area contributed by atoms with Crippen LogP contribution in [0.5, 0.6) is 11.5 Å². The summed E-state index contributed by atoms with van der Waals surface area (Å²) in [6, 6.07) is 14.3. The number of rotatable bonds is 11. The highest BCUT2D eigenvalue weighted by Gasteiger charge is 2.33. The van der Waals surface area contributed by atoms with E-state index in [9.17, 15) is 18.3 Å². The minimum absolute atomic E-state index is 0.0432. The second-order valence-electron chi connectivity index (χ2n) is 7.72. The predicted molar refractivity (Wildman–Crippen MR) is 118 cm³/mol. The SMILES string of the molecule is CCOc1ccc(CN(CC(O)COc2cccc(C=O)c2)C2CCS(=O)(=O)C2)cc1. The van der Waals surface area contributed by atoms with Crippen LogP contribution in [0.2, 0.25) is 0 Å². The molecule has 1 saturated heterocycles. The third-order valence-electron chi connectivity index (χ3n) is 5.23. The van der Waals surface area contributed by atoms with Crippen LogP contribution in [0.4, 0.5) is 0 Å². The molecule has 1 aliphatic heterocycles. The maximum Gasteiger partial charge on any atom is 0.151 e. The van der Waals surface area contributed by atoms with Gasteiger partial charge in [-0.2, -0.15) is 0 Å². The highest BCUT2D eigenvalue weighted by atomic mass is 32.2. The van der Waals surface area contributed by atoms with Crippen molar-refractivity contribution < 1.29 is 27.8 Å². The van der Waals surface area contributed by atoms with Crippen LogP contribution in [0.1, 0.15) is 29.3 Å². The van der Waals surface area contributed by atoms with Crippen LogP contribution in [0.15, 0.2) is 48.5 Å². The monoisotopic (exact) mass is 447 g/mol. The predicted octanol–water partition coefficient (Wildman–Crippen LogP) is 2.33. The molecule has 0 saturated carbocycles. The topological polar surface area (TPSA) is 93.1 Å². The fourth-order valence-electron chi connectivity index (χ4n) is 3.69. The highest BCUT2D eigenvalue weighted by Crippen LogP contribution is 2.22. The van der Waals surface area contributed by atoms with Crippen molar-refractivity contribution in [1.29, 1.82) is 0 Å². The minimum Gasteiger partial charge on any atom is -0.494 e. The van der Waals surface area contributed by atoms with Crippen LogP contribution in [0.3, 0.4) is 0 Å². The Balaban J connectivity index is 1.64. The van der Waals surface area contributed by atoms with E-state index in [1.54, 1.807) is 24.3 Å². The molecule has 0 aromatic heterocycles. The molecule has 3 rings (SSSR count). The third kappa shape index (κ3) is 7.05. The molecular weight excluding hydrogens is 418 g/mol. The fraction of sp³-hybridized carbons (Fsp3) is 0.435. The molecule has 1 N–H and O–H groups in total. The Labute approximate surface area is 183 Å². The van der Waals surface area contributed by atoms with E-state index in [-0.39, 0.29) is 30.7 Å². The summed E-state index contributed by atoms with van der Waals surface area (Å²) >= 11 is 0. The summed E-state index contributed by atoms with van der Waals surface area (Å²) in [6.45, 7) is 3.36. The maximum atomic E-state index is 12.0. The number of carbonyl (C=O) groups is 1. The molecular formula is C23H29NO6S. The number of aliphatic hydroxyl groups is 1. The Hall–Kier alpha value is -2.42. The number of ether oxygens (including phenoxy) is 2. The van der Waals surface area contributed by atoms with Gasteiger partial charge in [0.1, 0.15) is 30.5 Å². The molecule has 168 valence electrons. The van der Waals surface area contributed by atoms with E-state index in [0.29, 0.717) is 30.9 Å². The van der Waals surface area contributed by atoms with Gasteiger partial charge in [0.05, 0.1) is 18.1 Å². The van der Waals surface area contributed by atoms with Gasteiger partial charge in [-0.1, -0.05) is 24.3 Å². The summed E-state index contributed by atoms with van der Waals surface area (Å²) < 4.78 is 35.1. The van der Waals surface area contributed by atoms with Crippen LogP contribution in [-0.4, -0.2) is 68.1 Å². The van der Waals surface area contributed by atoms with Gasteiger partial charge in [0, 0.05) is 24.7 Å². The number of nitrogens with zero attached hydrogens (tertiary/aromatic N) is 1. The van der Waals surface area contributed by atoms with Gasteiger partial charge in [-0.25, -0.2) is 8.42 Å². The number of aldehydes is 1. The van der Waals surface area contributed by atoms with Crippen molar-refractivity contribution in [3.63, 3.8) is 0 Å². The van der Waals surface area contributed by atoms with E-state index in [1.165, 1.54) is 0 Å². The highest BCUT2D eigenvalue weighted by molar-refractivity contribution is 7.91. The Morgan fingerprint density at radius 3 is 2.58 bits per heavy atom. The second kappa shape index (κ2) is 10.7. The molecule has 0 spiro atoms. The zero-order chi connectivity index (χ0) is 22.3. The lowest BCUT2D eigenvalue weighted by Gasteiger charge is -2.30. The van der Waals surface area contributed by atoms with Crippen LogP contribution >= 0.6 is 0 Å². The Kier molecular flexibility index (Phi) is 8.06. The molecule has 2 aromatic carbocycles.